The molecule has 118 valence electrons. The van der Waals surface area contributed by atoms with E-state index in [2.05, 4.69) is 5.32 Å². The van der Waals surface area contributed by atoms with Gasteiger partial charge in [-0.05, 0) is 58.8 Å². The topological polar surface area (TPSA) is 64.3 Å². The van der Waals surface area contributed by atoms with Crippen molar-refractivity contribution in [2.75, 3.05) is 6.54 Å². The van der Waals surface area contributed by atoms with Crippen LogP contribution in [0.2, 0.25) is 0 Å². The molecule has 0 heterocycles. The summed E-state index contributed by atoms with van der Waals surface area (Å²) in [6.45, 7) is 6.35. The molecule has 3 N–H and O–H groups in total. The molecule has 1 amide bonds. The van der Waals surface area contributed by atoms with Crippen LogP contribution in [0, 0.1) is 5.92 Å². The molecule has 0 aliphatic heterocycles. The predicted molar refractivity (Wildman–Crippen MR) is 82.6 cm³/mol. The van der Waals surface area contributed by atoms with Crippen molar-refractivity contribution in [1.82, 2.24) is 5.32 Å². The maximum atomic E-state index is 11.4. The Morgan fingerprint density at radius 3 is 2.40 bits per heavy atom. The first-order valence-corrected chi connectivity index (χ1v) is 8.09. The lowest BCUT2D eigenvalue weighted by molar-refractivity contribution is 0.0527. The Kier molecular flexibility index (Phi) is 7.35. The van der Waals surface area contributed by atoms with Crippen molar-refractivity contribution in [3.63, 3.8) is 0 Å². The maximum absolute atomic E-state index is 11.4. The van der Waals surface area contributed by atoms with E-state index in [1.165, 1.54) is 44.9 Å². The van der Waals surface area contributed by atoms with E-state index in [4.69, 9.17) is 10.5 Å². The number of nitrogens with one attached hydrogen (secondary N) is 1. The van der Waals surface area contributed by atoms with Gasteiger partial charge in [-0.3, -0.25) is 0 Å². The Bertz CT molecular complexity index is 279. The third kappa shape index (κ3) is 8.41. The molecule has 0 aromatic carbocycles. The number of hydrogen-bond donors (Lipinski definition) is 2. The molecule has 0 saturated heterocycles. The standard InChI is InChI=1S/C16H32N2O2/c1-16(2,3)20-15(19)18-12-6-4-5-7-13-8-10-14(17)11-9-13/h13-14H,4-12,17H2,1-3H3,(H,18,19). The van der Waals surface area contributed by atoms with E-state index in [1.54, 1.807) is 0 Å². The summed E-state index contributed by atoms with van der Waals surface area (Å²) < 4.78 is 5.19. The molecule has 0 aromatic rings. The molecule has 4 nitrogen and oxygen atoms in total. The number of carbonyl (C=O) groups is 1. The molecule has 20 heavy (non-hydrogen) atoms. The summed E-state index contributed by atoms with van der Waals surface area (Å²) in [7, 11) is 0. The zero-order chi connectivity index (χ0) is 15.0. The fourth-order valence-corrected chi connectivity index (χ4v) is 2.72. The largest absolute Gasteiger partial charge is 0.444 e. The first kappa shape index (κ1) is 17.3. The molecule has 1 fully saturated rings. The first-order valence-electron chi connectivity index (χ1n) is 8.09. The van der Waals surface area contributed by atoms with Crippen molar-refractivity contribution in [2.45, 2.75) is 83.8 Å². The average molecular weight is 284 g/mol. The van der Waals surface area contributed by atoms with Gasteiger partial charge >= 0.3 is 6.09 Å². The maximum Gasteiger partial charge on any atom is 0.407 e. The first-order chi connectivity index (χ1) is 9.37. The van der Waals surface area contributed by atoms with Gasteiger partial charge in [0.1, 0.15) is 5.60 Å². The smallest absolute Gasteiger partial charge is 0.407 e. The molecular weight excluding hydrogens is 252 g/mol. The van der Waals surface area contributed by atoms with E-state index in [9.17, 15) is 4.79 Å². The minimum absolute atomic E-state index is 0.307. The van der Waals surface area contributed by atoms with Gasteiger partial charge in [0.05, 0.1) is 0 Å². The van der Waals surface area contributed by atoms with Crippen LogP contribution < -0.4 is 11.1 Å². The Hall–Kier alpha value is -0.770. The fraction of sp³-hybridized carbons (Fsp3) is 0.938. The number of rotatable bonds is 6. The van der Waals surface area contributed by atoms with Crippen molar-refractivity contribution in [3.05, 3.63) is 0 Å². The summed E-state index contributed by atoms with van der Waals surface area (Å²) in [5, 5.41) is 2.81. The van der Waals surface area contributed by atoms with Gasteiger partial charge < -0.3 is 15.8 Å². The molecule has 0 spiro atoms. The zero-order valence-electron chi connectivity index (χ0n) is 13.4. The van der Waals surface area contributed by atoms with E-state index in [0.717, 1.165) is 12.3 Å². The summed E-state index contributed by atoms with van der Waals surface area (Å²) in [6, 6.07) is 0.448. The second-order valence-corrected chi connectivity index (χ2v) is 7.06. The summed E-state index contributed by atoms with van der Waals surface area (Å²) in [5.74, 6) is 0.883. The molecule has 0 bridgehead atoms. The number of alkyl carbamates (subject to hydrolysis) is 1. The van der Waals surface area contributed by atoms with E-state index < -0.39 is 5.60 Å². The molecule has 0 radical (unpaired) electrons. The number of nitrogens with two attached hydrogens (primary N) is 1. The van der Waals surface area contributed by atoms with Gasteiger partial charge in [-0.1, -0.05) is 19.3 Å². The van der Waals surface area contributed by atoms with Crippen LogP contribution in [0.15, 0.2) is 0 Å². The normalized spacial score (nSPS) is 23.4. The van der Waals surface area contributed by atoms with Crippen LogP contribution in [0.25, 0.3) is 0 Å². The van der Waals surface area contributed by atoms with Gasteiger partial charge in [0, 0.05) is 12.6 Å². The lowest BCUT2D eigenvalue weighted by atomic mass is 9.83. The van der Waals surface area contributed by atoms with Gasteiger partial charge in [-0.25, -0.2) is 4.79 Å². The van der Waals surface area contributed by atoms with Crippen LogP contribution in [0.5, 0.6) is 0 Å². The number of ether oxygens (including phenoxy) is 1. The molecule has 1 rings (SSSR count). The fourth-order valence-electron chi connectivity index (χ4n) is 2.72. The lowest BCUT2D eigenvalue weighted by Gasteiger charge is -2.25. The molecule has 1 saturated carbocycles. The molecule has 0 unspecified atom stereocenters. The van der Waals surface area contributed by atoms with E-state index in [-0.39, 0.29) is 6.09 Å². The number of carbonyl (C=O) groups excluding carboxylic acids is 1. The van der Waals surface area contributed by atoms with Crippen molar-refractivity contribution in [1.29, 1.82) is 0 Å². The van der Waals surface area contributed by atoms with Crippen LogP contribution in [0.3, 0.4) is 0 Å². The van der Waals surface area contributed by atoms with Gasteiger partial charge in [-0.15, -0.1) is 0 Å². The highest BCUT2D eigenvalue weighted by molar-refractivity contribution is 5.67. The van der Waals surface area contributed by atoms with Crippen molar-refractivity contribution >= 4 is 6.09 Å². The van der Waals surface area contributed by atoms with Crippen LogP contribution in [-0.4, -0.2) is 24.3 Å². The third-order valence-corrected chi connectivity index (χ3v) is 3.85. The quantitative estimate of drug-likeness (QED) is 0.733. The summed E-state index contributed by atoms with van der Waals surface area (Å²) in [5.41, 5.74) is 5.50. The minimum atomic E-state index is -0.411. The molecule has 1 aliphatic rings. The summed E-state index contributed by atoms with van der Waals surface area (Å²) >= 11 is 0. The van der Waals surface area contributed by atoms with Gasteiger partial charge in [-0.2, -0.15) is 0 Å². The highest BCUT2D eigenvalue weighted by atomic mass is 16.6. The Morgan fingerprint density at radius 2 is 1.80 bits per heavy atom. The van der Waals surface area contributed by atoms with Crippen molar-refractivity contribution < 1.29 is 9.53 Å². The molecule has 0 aromatic heterocycles. The van der Waals surface area contributed by atoms with Gasteiger partial charge in [0.25, 0.3) is 0 Å². The SMILES string of the molecule is CC(C)(C)OC(=O)NCCCCCC1CCC(N)CC1. The van der Waals surface area contributed by atoms with Gasteiger partial charge in [0.2, 0.25) is 0 Å². The molecule has 0 atom stereocenters. The molecule has 1 aliphatic carbocycles. The van der Waals surface area contributed by atoms with E-state index >= 15 is 0 Å². The van der Waals surface area contributed by atoms with Crippen LogP contribution in [0.4, 0.5) is 4.79 Å². The Morgan fingerprint density at radius 1 is 1.15 bits per heavy atom. The minimum Gasteiger partial charge on any atom is -0.444 e. The number of hydrogen-bond acceptors (Lipinski definition) is 3. The van der Waals surface area contributed by atoms with Crippen molar-refractivity contribution in [3.8, 4) is 0 Å². The predicted octanol–water partition coefficient (Wildman–Crippen LogP) is 3.59. The highest BCUT2D eigenvalue weighted by Gasteiger charge is 2.18. The van der Waals surface area contributed by atoms with Crippen LogP contribution >= 0.6 is 0 Å². The molecule has 4 heteroatoms. The number of amides is 1. The molecular formula is C16H32N2O2. The lowest BCUT2D eigenvalue weighted by Crippen LogP contribution is -2.33. The van der Waals surface area contributed by atoms with E-state index in [1.807, 2.05) is 20.8 Å². The highest BCUT2D eigenvalue weighted by Crippen LogP contribution is 2.27. The van der Waals surface area contributed by atoms with Crippen molar-refractivity contribution in [2.24, 2.45) is 11.7 Å². The summed E-state index contributed by atoms with van der Waals surface area (Å²) in [4.78, 5) is 11.4. The van der Waals surface area contributed by atoms with E-state index in [0.29, 0.717) is 12.6 Å². The monoisotopic (exact) mass is 284 g/mol. The zero-order valence-corrected chi connectivity index (χ0v) is 13.4. The van der Waals surface area contributed by atoms with Crippen LogP contribution in [0.1, 0.15) is 72.1 Å². The summed E-state index contributed by atoms with van der Waals surface area (Å²) in [6.07, 6.45) is 9.49. The van der Waals surface area contributed by atoms with Gasteiger partial charge in [0.15, 0.2) is 0 Å². The Balaban J connectivity index is 1.93. The third-order valence-electron chi connectivity index (χ3n) is 3.85. The van der Waals surface area contributed by atoms with Crippen LogP contribution in [-0.2, 0) is 4.74 Å². The number of unbranched alkanes of at least 4 members (excludes halogenated alkanes) is 2. The average Bonchev–Trinajstić information content (AvgIpc) is 2.33. The second-order valence-electron chi connectivity index (χ2n) is 7.06. The second kappa shape index (κ2) is 8.50. The Labute approximate surface area is 123 Å².